The van der Waals surface area contributed by atoms with Crippen LogP contribution in [0.1, 0.15) is 22.0 Å². The van der Waals surface area contributed by atoms with E-state index in [0.29, 0.717) is 0 Å². The van der Waals surface area contributed by atoms with Crippen LogP contribution in [-0.4, -0.2) is 7.11 Å². The van der Waals surface area contributed by atoms with E-state index in [4.69, 9.17) is 10.5 Å². The van der Waals surface area contributed by atoms with Gasteiger partial charge in [0, 0.05) is 14.7 Å². The van der Waals surface area contributed by atoms with Crippen molar-refractivity contribution in [1.82, 2.24) is 0 Å². The summed E-state index contributed by atoms with van der Waals surface area (Å²) in [5.74, 6) is 0.866. The topological polar surface area (TPSA) is 35.2 Å². The predicted molar refractivity (Wildman–Crippen MR) is 75.8 cm³/mol. The molecule has 1 aromatic heterocycles. The van der Waals surface area contributed by atoms with E-state index in [0.717, 1.165) is 26.2 Å². The van der Waals surface area contributed by atoms with Crippen LogP contribution in [0.15, 0.2) is 34.1 Å². The van der Waals surface area contributed by atoms with E-state index in [1.165, 1.54) is 0 Å². The molecule has 1 heterocycles. The normalized spacial score (nSPS) is 12.5. The fraction of sp³-hybridized carbons (Fsp3) is 0.231. The zero-order valence-electron chi connectivity index (χ0n) is 9.74. The van der Waals surface area contributed by atoms with Crippen molar-refractivity contribution in [3.8, 4) is 5.75 Å². The zero-order chi connectivity index (χ0) is 12.4. The summed E-state index contributed by atoms with van der Waals surface area (Å²) in [6, 6.07) is 7.99. The molecule has 0 amide bonds. The number of nitrogens with two attached hydrogens (primary N) is 1. The molecule has 1 aromatic carbocycles. The first-order valence-corrected chi connectivity index (χ1v) is 6.93. The summed E-state index contributed by atoms with van der Waals surface area (Å²) in [5.41, 5.74) is 8.56. The van der Waals surface area contributed by atoms with E-state index in [9.17, 15) is 0 Å². The molecule has 0 bridgehead atoms. The Bertz CT molecular complexity index is 524. The lowest BCUT2D eigenvalue weighted by Gasteiger charge is -2.14. The minimum atomic E-state index is -0.0720. The molecule has 0 spiro atoms. The Kier molecular flexibility index (Phi) is 3.86. The summed E-state index contributed by atoms with van der Waals surface area (Å²) < 4.78 is 6.28. The third kappa shape index (κ3) is 2.70. The molecule has 0 saturated carbocycles. The lowest BCUT2D eigenvalue weighted by Crippen LogP contribution is -2.11. The lowest BCUT2D eigenvalue weighted by molar-refractivity contribution is 0.414. The fourth-order valence-electron chi connectivity index (χ4n) is 1.77. The molecule has 0 fully saturated rings. The molecule has 90 valence electrons. The van der Waals surface area contributed by atoms with Crippen LogP contribution < -0.4 is 10.5 Å². The number of rotatable bonds is 3. The standard InChI is InChI=1S/C13H14BrNOS/c1-8-5-10(16-2)3-4-11(8)13(15)12-6-9(14)7-17-12/h3-7,13H,15H2,1-2H3. The number of hydrogen-bond donors (Lipinski definition) is 1. The second kappa shape index (κ2) is 5.21. The Morgan fingerprint density at radius 3 is 2.65 bits per heavy atom. The van der Waals surface area contributed by atoms with Gasteiger partial charge >= 0.3 is 0 Å². The van der Waals surface area contributed by atoms with Crippen molar-refractivity contribution in [1.29, 1.82) is 0 Å². The van der Waals surface area contributed by atoms with Crippen molar-refractivity contribution in [2.75, 3.05) is 7.11 Å². The van der Waals surface area contributed by atoms with E-state index < -0.39 is 0 Å². The predicted octanol–water partition coefficient (Wildman–Crippen LogP) is 3.88. The van der Waals surface area contributed by atoms with Gasteiger partial charge in [0.1, 0.15) is 5.75 Å². The lowest BCUT2D eigenvalue weighted by atomic mass is 10.0. The van der Waals surface area contributed by atoms with E-state index in [-0.39, 0.29) is 6.04 Å². The monoisotopic (exact) mass is 311 g/mol. The molecule has 0 aliphatic carbocycles. The van der Waals surface area contributed by atoms with Gasteiger partial charge in [-0.3, -0.25) is 0 Å². The molecule has 0 radical (unpaired) electrons. The largest absolute Gasteiger partial charge is 0.497 e. The highest BCUT2D eigenvalue weighted by Gasteiger charge is 2.13. The van der Waals surface area contributed by atoms with E-state index >= 15 is 0 Å². The van der Waals surface area contributed by atoms with Crippen molar-refractivity contribution in [3.63, 3.8) is 0 Å². The minimum Gasteiger partial charge on any atom is -0.497 e. The third-order valence-corrected chi connectivity index (χ3v) is 4.48. The van der Waals surface area contributed by atoms with Crippen LogP contribution in [0.4, 0.5) is 0 Å². The Hall–Kier alpha value is -0.840. The molecule has 2 nitrogen and oxygen atoms in total. The Labute approximate surface area is 114 Å². The van der Waals surface area contributed by atoms with Crippen molar-refractivity contribution in [2.45, 2.75) is 13.0 Å². The van der Waals surface area contributed by atoms with Gasteiger partial charge in [-0.2, -0.15) is 0 Å². The highest BCUT2D eigenvalue weighted by atomic mass is 79.9. The van der Waals surface area contributed by atoms with Gasteiger partial charge in [-0.15, -0.1) is 11.3 Å². The smallest absolute Gasteiger partial charge is 0.119 e. The zero-order valence-corrected chi connectivity index (χ0v) is 12.1. The number of hydrogen-bond acceptors (Lipinski definition) is 3. The highest BCUT2D eigenvalue weighted by molar-refractivity contribution is 9.10. The minimum absolute atomic E-state index is 0.0720. The van der Waals surface area contributed by atoms with Gasteiger partial charge in [0.25, 0.3) is 0 Å². The maximum atomic E-state index is 6.27. The molecule has 0 saturated heterocycles. The van der Waals surface area contributed by atoms with Gasteiger partial charge in [0.15, 0.2) is 0 Å². The van der Waals surface area contributed by atoms with Crippen LogP contribution in [-0.2, 0) is 0 Å². The number of thiophene rings is 1. The summed E-state index contributed by atoms with van der Waals surface area (Å²) in [7, 11) is 1.67. The quantitative estimate of drug-likeness (QED) is 0.933. The van der Waals surface area contributed by atoms with Gasteiger partial charge in [-0.25, -0.2) is 0 Å². The van der Waals surface area contributed by atoms with Crippen LogP contribution >= 0.6 is 27.3 Å². The van der Waals surface area contributed by atoms with Gasteiger partial charge in [0.2, 0.25) is 0 Å². The van der Waals surface area contributed by atoms with E-state index in [1.54, 1.807) is 18.4 Å². The van der Waals surface area contributed by atoms with Crippen molar-refractivity contribution < 1.29 is 4.74 Å². The van der Waals surface area contributed by atoms with Gasteiger partial charge in [-0.1, -0.05) is 6.07 Å². The third-order valence-electron chi connectivity index (χ3n) is 2.71. The number of benzene rings is 1. The summed E-state index contributed by atoms with van der Waals surface area (Å²) in [6.07, 6.45) is 0. The molecule has 0 aliphatic heterocycles. The van der Waals surface area contributed by atoms with E-state index in [2.05, 4.69) is 28.9 Å². The fourth-order valence-corrected chi connectivity index (χ4v) is 3.23. The van der Waals surface area contributed by atoms with Crippen LogP contribution in [0.3, 0.4) is 0 Å². The molecule has 1 atom stereocenters. The van der Waals surface area contributed by atoms with E-state index in [1.807, 2.05) is 23.6 Å². The summed E-state index contributed by atoms with van der Waals surface area (Å²) in [5, 5.41) is 2.05. The number of halogens is 1. The molecular weight excluding hydrogens is 298 g/mol. The van der Waals surface area contributed by atoms with Crippen LogP contribution in [0.5, 0.6) is 5.75 Å². The molecule has 4 heteroatoms. The van der Waals surface area contributed by atoms with Gasteiger partial charge in [-0.05, 0) is 52.2 Å². The molecule has 2 rings (SSSR count). The second-order valence-electron chi connectivity index (χ2n) is 3.87. The first kappa shape index (κ1) is 12.6. The van der Waals surface area contributed by atoms with Crippen LogP contribution in [0.2, 0.25) is 0 Å². The number of ether oxygens (including phenoxy) is 1. The molecule has 2 N–H and O–H groups in total. The van der Waals surface area contributed by atoms with Crippen LogP contribution in [0, 0.1) is 6.92 Å². The summed E-state index contributed by atoms with van der Waals surface area (Å²) >= 11 is 5.12. The highest BCUT2D eigenvalue weighted by Crippen LogP contribution is 2.31. The van der Waals surface area contributed by atoms with Crippen LogP contribution in [0.25, 0.3) is 0 Å². The molecular formula is C13H14BrNOS. The molecule has 0 aliphatic rings. The molecule has 2 aromatic rings. The van der Waals surface area contributed by atoms with Crippen molar-refractivity contribution >= 4 is 27.3 Å². The maximum Gasteiger partial charge on any atom is 0.119 e. The maximum absolute atomic E-state index is 6.27. The van der Waals surface area contributed by atoms with Crippen molar-refractivity contribution in [2.24, 2.45) is 5.73 Å². The van der Waals surface area contributed by atoms with Gasteiger partial charge in [0.05, 0.1) is 13.2 Å². The first-order chi connectivity index (χ1) is 8.11. The SMILES string of the molecule is COc1ccc(C(N)c2cc(Br)cs2)c(C)c1. The Morgan fingerprint density at radius 2 is 2.12 bits per heavy atom. The first-order valence-electron chi connectivity index (χ1n) is 5.26. The molecule has 17 heavy (non-hydrogen) atoms. The second-order valence-corrected chi connectivity index (χ2v) is 5.73. The Morgan fingerprint density at radius 1 is 1.35 bits per heavy atom. The summed E-state index contributed by atoms with van der Waals surface area (Å²) in [6.45, 7) is 2.06. The number of methoxy groups -OCH3 is 1. The Balaban J connectivity index is 2.34. The average molecular weight is 312 g/mol. The van der Waals surface area contributed by atoms with Gasteiger partial charge < -0.3 is 10.5 Å². The average Bonchev–Trinajstić information content (AvgIpc) is 2.75. The number of aryl methyl sites for hydroxylation is 1. The summed E-state index contributed by atoms with van der Waals surface area (Å²) in [4.78, 5) is 1.16. The molecule has 1 unspecified atom stereocenters. The van der Waals surface area contributed by atoms with Crippen molar-refractivity contribution in [3.05, 3.63) is 50.1 Å².